The average molecular weight is 381 g/mol. The van der Waals surface area contributed by atoms with Gasteiger partial charge in [-0.3, -0.25) is 4.79 Å². The fraction of sp³-hybridized carbons (Fsp3) is 0.316. The first-order chi connectivity index (χ1) is 11.7. The van der Waals surface area contributed by atoms with E-state index in [1.165, 1.54) is 5.56 Å². The SMILES string of the molecule is Cl.NC[C@@H]1CN(C(=O)COc2cccc(Cl)c2)C[C@H]1c1ccccc1. The van der Waals surface area contributed by atoms with Crippen molar-refractivity contribution in [3.8, 4) is 5.75 Å². The van der Waals surface area contributed by atoms with E-state index in [0.717, 1.165) is 0 Å². The lowest BCUT2D eigenvalue weighted by molar-refractivity contribution is -0.132. The van der Waals surface area contributed by atoms with E-state index in [2.05, 4.69) is 12.1 Å². The van der Waals surface area contributed by atoms with Crippen molar-refractivity contribution in [3.63, 3.8) is 0 Å². The number of likely N-dealkylation sites (tertiary alicyclic amines) is 1. The molecule has 0 bridgehead atoms. The quantitative estimate of drug-likeness (QED) is 0.864. The Morgan fingerprint density at radius 2 is 1.92 bits per heavy atom. The van der Waals surface area contributed by atoms with E-state index in [-0.39, 0.29) is 36.8 Å². The molecule has 0 aliphatic carbocycles. The molecule has 3 rings (SSSR count). The number of halogens is 2. The Balaban J connectivity index is 0.00000225. The van der Waals surface area contributed by atoms with Crippen LogP contribution in [-0.2, 0) is 4.79 Å². The van der Waals surface area contributed by atoms with Gasteiger partial charge in [-0.1, -0.05) is 48.0 Å². The van der Waals surface area contributed by atoms with Crippen LogP contribution < -0.4 is 10.5 Å². The van der Waals surface area contributed by atoms with Crippen LogP contribution in [0, 0.1) is 5.92 Å². The second kappa shape index (κ2) is 9.09. The number of amides is 1. The molecule has 4 nitrogen and oxygen atoms in total. The molecule has 1 amide bonds. The summed E-state index contributed by atoms with van der Waals surface area (Å²) < 4.78 is 5.56. The topological polar surface area (TPSA) is 55.6 Å². The fourth-order valence-electron chi connectivity index (χ4n) is 3.18. The molecule has 1 saturated heterocycles. The van der Waals surface area contributed by atoms with Crippen LogP contribution in [0.5, 0.6) is 5.75 Å². The van der Waals surface area contributed by atoms with E-state index in [0.29, 0.717) is 30.4 Å². The number of ether oxygens (including phenoxy) is 1. The fourth-order valence-corrected chi connectivity index (χ4v) is 3.37. The molecule has 0 spiro atoms. The number of rotatable bonds is 5. The van der Waals surface area contributed by atoms with E-state index < -0.39 is 0 Å². The van der Waals surface area contributed by atoms with Gasteiger partial charge in [0, 0.05) is 24.0 Å². The molecule has 0 radical (unpaired) electrons. The van der Waals surface area contributed by atoms with Crippen LogP contribution in [0.3, 0.4) is 0 Å². The smallest absolute Gasteiger partial charge is 0.260 e. The number of hydrogen-bond donors (Lipinski definition) is 1. The van der Waals surface area contributed by atoms with Gasteiger partial charge in [-0.15, -0.1) is 12.4 Å². The highest BCUT2D eigenvalue weighted by Crippen LogP contribution is 2.32. The van der Waals surface area contributed by atoms with Gasteiger partial charge in [-0.05, 0) is 36.2 Å². The molecule has 2 N–H and O–H groups in total. The van der Waals surface area contributed by atoms with Gasteiger partial charge in [-0.2, -0.15) is 0 Å². The largest absolute Gasteiger partial charge is 0.484 e. The van der Waals surface area contributed by atoms with Gasteiger partial charge in [0.15, 0.2) is 6.61 Å². The lowest BCUT2D eigenvalue weighted by Crippen LogP contribution is -2.33. The minimum atomic E-state index is -0.0214. The molecule has 134 valence electrons. The normalized spacial score (nSPS) is 19.4. The van der Waals surface area contributed by atoms with Crippen molar-refractivity contribution in [2.24, 2.45) is 11.7 Å². The molecule has 2 aromatic rings. The first kappa shape index (κ1) is 19.6. The first-order valence-corrected chi connectivity index (χ1v) is 8.46. The third-order valence-electron chi connectivity index (χ3n) is 4.48. The average Bonchev–Trinajstić information content (AvgIpc) is 3.05. The third-order valence-corrected chi connectivity index (χ3v) is 4.72. The lowest BCUT2D eigenvalue weighted by Gasteiger charge is -2.17. The maximum absolute atomic E-state index is 12.5. The summed E-state index contributed by atoms with van der Waals surface area (Å²) in [6.45, 7) is 1.94. The maximum Gasteiger partial charge on any atom is 0.260 e. The highest BCUT2D eigenvalue weighted by molar-refractivity contribution is 6.30. The third kappa shape index (κ3) is 4.88. The molecule has 1 aliphatic heterocycles. The number of nitrogens with zero attached hydrogens (tertiary/aromatic N) is 1. The van der Waals surface area contributed by atoms with Crippen molar-refractivity contribution in [2.75, 3.05) is 26.2 Å². The van der Waals surface area contributed by atoms with Gasteiger partial charge >= 0.3 is 0 Å². The molecule has 25 heavy (non-hydrogen) atoms. The molecule has 2 aromatic carbocycles. The van der Waals surface area contributed by atoms with Gasteiger partial charge in [0.05, 0.1) is 0 Å². The zero-order chi connectivity index (χ0) is 16.9. The van der Waals surface area contributed by atoms with Gasteiger partial charge in [-0.25, -0.2) is 0 Å². The standard InChI is InChI=1S/C19H21ClN2O2.ClH/c20-16-7-4-8-17(9-16)24-13-19(23)22-11-15(10-21)18(12-22)14-5-2-1-3-6-14;/h1-9,15,18H,10-13,21H2;1H/t15-,18+;/m1./s1. The highest BCUT2D eigenvalue weighted by Gasteiger charge is 2.35. The summed E-state index contributed by atoms with van der Waals surface area (Å²) in [5.41, 5.74) is 7.16. The summed E-state index contributed by atoms with van der Waals surface area (Å²) in [7, 11) is 0. The van der Waals surface area contributed by atoms with Crippen LogP contribution in [0.2, 0.25) is 5.02 Å². The minimum absolute atomic E-state index is 0. The van der Waals surface area contributed by atoms with Crippen LogP contribution in [-0.4, -0.2) is 37.0 Å². The molecule has 1 aliphatic rings. The predicted molar refractivity (Wildman–Crippen MR) is 103 cm³/mol. The molecule has 0 aromatic heterocycles. The van der Waals surface area contributed by atoms with Crippen molar-refractivity contribution in [1.29, 1.82) is 0 Å². The predicted octanol–water partition coefficient (Wildman–Crippen LogP) is 3.34. The molecule has 2 atom stereocenters. The maximum atomic E-state index is 12.5. The second-order valence-electron chi connectivity index (χ2n) is 6.06. The molecule has 0 saturated carbocycles. The summed E-state index contributed by atoms with van der Waals surface area (Å²) in [4.78, 5) is 14.3. The zero-order valence-corrected chi connectivity index (χ0v) is 15.4. The van der Waals surface area contributed by atoms with E-state index in [1.807, 2.05) is 23.1 Å². The van der Waals surface area contributed by atoms with Crippen LogP contribution in [0.1, 0.15) is 11.5 Å². The van der Waals surface area contributed by atoms with Crippen molar-refractivity contribution >= 4 is 29.9 Å². The lowest BCUT2D eigenvalue weighted by atomic mass is 9.89. The first-order valence-electron chi connectivity index (χ1n) is 8.08. The van der Waals surface area contributed by atoms with Crippen molar-refractivity contribution in [3.05, 3.63) is 65.2 Å². The van der Waals surface area contributed by atoms with E-state index in [4.69, 9.17) is 22.1 Å². The number of benzene rings is 2. The number of carbonyl (C=O) groups excluding carboxylic acids is 1. The Morgan fingerprint density at radius 1 is 1.16 bits per heavy atom. The molecule has 6 heteroatoms. The number of carbonyl (C=O) groups is 1. The van der Waals surface area contributed by atoms with E-state index >= 15 is 0 Å². The zero-order valence-electron chi connectivity index (χ0n) is 13.8. The van der Waals surface area contributed by atoms with Gasteiger partial charge in [0.2, 0.25) is 0 Å². The summed E-state index contributed by atoms with van der Waals surface area (Å²) >= 11 is 5.92. The molecule has 0 unspecified atom stereocenters. The van der Waals surface area contributed by atoms with E-state index in [1.54, 1.807) is 24.3 Å². The van der Waals surface area contributed by atoms with Crippen molar-refractivity contribution < 1.29 is 9.53 Å². The Hall–Kier alpha value is -1.75. The highest BCUT2D eigenvalue weighted by atomic mass is 35.5. The minimum Gasteiger partial charge on any atom is -0.484 e. The van der Waals surface area contributed by atoms with E-state index in [9.17, 15) is 4.79 Å². The monoisotopic (exact) mass is 380 g/mol. The molecular formula is C19H22Cl2N2O2. The van der Waals surface area contributed by atoms with Gasteiger partial charge in [0.25, 0.3) is 5.91 Å². The van der Waals surface area contributed by atoms with Gasteiger partial charge < -0.3 is 15.4 Å². The Kier molecular flexibility index (Phi) is 7.12. The summed E-state index contributed by atoms with van der Waals surface area (Å²) in [5.74, 6) is 1.14. The van der Waals surface area contributed by atoms with Crippen LogP contribution in [0.4, 0.5) is 0 Å². The number of hydrogen-bond acceptors (Lipinski definition) is 3. The summed E-state index contributed by atoms with van der Waals surface area (Å²) in [6.07, 6.45) is 0. The van der Waals surface area contributed by atoms with Crippen LogP contribution >= 0.6 is 24.0 Å². The van der Waals surface area contributed by atoms with Crippen LogP contribution in [0.15, 0.2) is 54.6 Å². The second-order valence-corrected chi connectivity index (χ2v) is 6.49. The summed E-state index contributed by atoms with van der Waals surface area (Å²) in [5, 5.41) is 0.591. The van der Waals surface area contributed by atoms with Crippen molar-refractivity contribution in [1.82, 2.24) is 4.90 Å². The van der Waals surface area contributed by atoms with Crippen molar-refractivity contribution in [2.45, 2.75) is 5.92 Å². The Morgan fingerprint density at radius 3 is 2.60 bits per heavy atom. The van der Waals surface area contributed by atoms with Crippen LogP contribution in [0.25, 0.3) is 0 Å². The molecule has 1 heterocycles. The number of nitrogens with two attached hydrogens (primary N) is 1. The molecular weight excluding hydrogens is 359 g/mol. The molecule has 1 fully saturated rings. The van der Waals surface area contributed by atoms with Gasteiger partial charge in [0.1, 0.15) is 5.75 Å². The Labute approximate surface area is 159 Å². The Bertz CT molecular complexity index is 697. The summed E-state index contributed by atoms with van der Waals surface area (Å²) in [6, 6.07) is 17.3.